The summed E-state index contributed by atoms with van der Waals surface area (Å²) in [6.45, 7) is 6.54. The third-order valence-corrected chi connectivity index (χ3v) is 9.01. The lowest BCUT2D eigenvalue weighted by Gasteiger charge is -2.40. The summed E-state index contributed by atoms with van der Waals surface area (Å²) in [4.78, 5) is 1.96. The number of nitrogens with zero attached hydrogens (tertiary/aromatic N) is 1. The number of halogens is 1. The van der Waals surface area contributed by atoms with Crippen molar-refractivity contribution in [1.82, 2.24) is 0 Å². The van der Waals surface area contributed by atoms with Crippen LogP contribution >= 0.6 is 7.37 Å². The molecule has 31 heavy (non-hydrogen) atoms. The van der Waals surface area contributed by atoms with Crippen molar-refractivity contribution in [2.75, 3.05) is 19.0 Å². The molecule has 0 heterocycles. The van der Waals surface area contributed by atoms with Gasteiger partial charge in [0.05, 0.1) is 6.10 Å². The van der Waals surface area contributed by atoms with Gasteiger partial charge in [-0.3, -0.25) is 4.57 Å². The molecule has 1 aliphatic carbocycles. The maximum Gasteiger partial charge on any atom is 0.264 e. The smallest absolute Gasteiger partial charge is 0.264 e. The number of aliphatic hydroxyl groups excluding tert-OH is 1. The van der Waals surface area contributed by atoms with Gasteiger partial charge in [0.2, 0.25) is 0 Å². The minimum absolute atomic E-state index is 0.196. The Labute approximate surface area is 185 Å². The van der Waals surface area contributed by atoms with E-state index in [-0.39, 0.29) is 12.0 Å². The summed E-state index contributed by atoms with van der Waals surface area (Å²) >= 11 is 0. The van der Waals surface area contributed by atoms with Crippen LogP contribution in [0.4, 0.5) is 10.1 Å². The van der Waals surface area contributed by atoms with E-state index < -0.39 is 19.0 Å². The van der Waals surface area contributed by atoms with Crippen LogP contribution in [0.15, 0.2) is 48.5 Å². The molecule has 1 N–H and O–H groups in total. The molecular weight excluding hydrogens is 412 g/mol. The Balaban J connectivity index is 2.02. The molecule has 0 aliphatic heterocycles. The standard InChI is InChI=1S/C25H35FNO3P/c1-17(2)23-15-6-18(3)16-24(23)30-31(29,22-13-11-21(12-14-22)27(4)5)25(28)19-7-9-20(26)10-8-19/h7-14,17-18,23-25,28H,6,15-16H2,1-5H3. The van der Waals surface area contributed by atoms with Crippen molar-refractivity contribution in [3.05, 3.63) is 59.9 Å². The molecule has 4 nitrogen and oxygen atoms in total. The van der Waals surface area contributed by atoms with Gasteiger partial charge in [0, 0.05) is 25.1 Å². The summed E-state index contributed by atoms with van der Waals surface area (Å²) in [6, 6.07) is 12.8. The SMILES string of the molecule is CC1CCC(C(C)C)C(OP(=O)(c2ccc(N(C)C)cc2)C(O)c2ccc(F)cc2)C1. The lowest BCUT2D eigenvalue weighted by atomic mass is 9.75. The summed E-state index contributed by atoms with van der Waals surface area (Å²) in [5.41, 5.74) is 1.37. The maximum absolute atomic E-state index is 14.4. The van der Waals surface area contributed by atoms with Crippen LogP contribution in [-0.4, -0.2) is 25.3 Å². The quantitative estimate of drug-likeness (QED) is 0.532. The van der Waals surface area contributed by atoms with E-state index in [2.05, 4.69) is 20.8 Å². The second kappa shape index (κ2) is 9.85. The highest BCUT2D eigenvalue weighted by molar-refractivity contribution is 7.67. The predicted octanol–water partition coefficient (Wildman–Crippen LogP) is 5.96. The van der Waals surface area contributed by atoms with E-state index >= 15 is 0 Å². The fourth-order valence-corrected chi connectivity index (χ4v) is 6.78. The molecule has 5 atom stereocenters. The second-order valence-electron chi connectivity index (χ2n) is 9.40. The van der Waals surface area contributed by atoms with Gasteiger partial charge in [-0.25, -0.2) is 4.39 Å². The van der Waals surface area contributed by atoms with E-state index in [1.165, 1.54) is 24.3 Å². The molecule has 0 bridgehead atoms. The molecule has 1 aliphatic rings. The highest BCUT2D eigenvalue weighted by atomic mass is 31.2. The number of hydrogen-bond donors (Lipinski definition) is 1. The first-order valence-corrected chi connectivity index (χ1v) is 12.8. The average molecular weight is 448 g/mol. The number of aliphatic hydroxyl groups is 1. The molecule has 2 aromatic carbocycles. The molecule has 2 aromatic rings. The Hall–Kier alpha value is -1.68. The Kier molecular flexibility index (Phi) is 7.62. The van der Waals surface area contributed by atoms with Gasteiger partial charge in [-0.1, -0.05) is 39.3 Å². The summed E-state index contributed by atoms with van der Waals surface area (Å²) in [7, 11) is 0.172. The minimum atomic E-state index is -3.71. The summed E-state index contributed by atoms with van der Waals surface area (Å²) in [6.07, 6.45) is 2.78. The first-order valence-electron chi connectivity index (χ1n) is 11.1. The summed E-state index contributed by atoms with van der Waals surface area (Å²) in [5.74, 6) is -0.602. The fraction of sp³-hybridized carbons (Fsp3) is 0.520. The summed E-state index contributed by atoms with van der Waals surface area (Å²) in [5, 5.41) is 11.7. The lowest BCUT2D eigenvalue weighted by molar-refractivity contribution is 0.0427. The van der Waals surface area contributed by atoms with Gasteiger partial charge in [0.25, 0.3) is 7.37 Å². The third-order valence-electron chi connectivity index (χ3n) is 6.47. The van der Waals surface area contributed by atoms with Crippen LogP contribution in [0.25, 0.3) is 0 Å². The Morgan fingerprint density at radius 2 is 1.68 bits per heavy atom. The largest absolute Gasteiger partial charge is 0.378 e. The van der Waals surface area contributed by atoms with Crippen molar-refractivity contribution in [3.63, 3.8) is 0 Å². The molecule has 0 amide bonds. The van der Waals surface area contributed by atoms with Gasteiger partial charge in [0.15, 0.2) is 5.85 Å². The molecule has 6 heteroatoms. The van der Waals surface area contributed by atoms with Crippen molar-refractivity contribution < 1.29 is 18.6 Å². The first-order chi connectivity index (χ1) is 14.6. The van der Waals surface area contributed by atoms with Crippen LogP contribution in [0, 0.1) is 23.6 Å². The van der Waals surface area contributed by atoms with E-state index in [1.807, 2.05) is 31.1 Å². The van der Waals surface area contributed by atoms with Crippen LogP contribution in [0.5, 0.6) is 0 Å². The van der Waals surface area contributed by atoms with Gasteiger partial charge in [0.1, 0.15) is 5.82 Å². The minimum Gasteiger partial charge on any atom is -0.378 e. The molecule has 3 rings (SSSR count). The number of anilines is 1. The third kappa shape index (κ3) is 5.39. The second-order valence-corrected chi connectivity index (χ2v) is 11.8. The zero-order chi connectivity index (χ0) is 22.8. The zero-order valence-corrected chi connectivity index (χ0v) is 20.1. The molecule has 0 aromatic heterocycles. The number of rotatable bonds is 7. The molecular formula is C25H35FNO3P. The molecule has 0 saturated heterocycles. The monoisotopic (exact) mass is 447 g/mol. The van der Waals surface area contributed by atoms with Gasteiger partial charge < -0.3 is 14.5 Å². The van der Waals surface area contributed by atoms with Crippen LogP contribution in [0.1, 0.15) is 51.4 Å². The molecule has 0 radical (unpaired) electrons. The van der Waals surface area contributed by atoms with Gasteiger partial charge in [-0.2, -0.15) is 0 Å². The van der Waals surface area contributed by atoms with Crippen LogP contribution < -0.4 is 10.2 Å². The van der Waals surface area contributed by atoms with Crippen LogP contribution in [0.2, 0.25) is 0 Å². The molecule has 5 unspecified atom stereocenters. The number of hydrogen-bond acceptors (Lipinski definition) is 4. The van der Waals surface area contributed by atoms with Crippen LogP contribution in [0.3, 0.4) is 0 Å². The highest BCUT2D eigenvalue weighted by Gasteiger charge is 2.42. The topological polar surface area (TPSA) is 49.8 Å². The van der Waals surface area contributed by atoms with E-state index in [4.69, 9.17) is 4.52 Å². The average Bonchev–Trinajstić information content (AvgIpc) is 2.73. The van der Waals surface area contributed by atoms with Crippen molar-refractivity contribution in [1.29, 1.82) is 0 Å². The maximum atomic E-state index is 14.4. The zero-order valence-electron chi connectivity index (χ0n) is 19.2. The fourth-order valence-electron chi connectivity index (χ4n) is 4.49. The predicted molar refractivity (Wildman–Crippen MR) is 126 cm³/mol. The normalized spacial score (nSPS) is 24.6. The Morgan fingerprint density at radius 1 is 1.06 bits per heavy atom. The highest BCUT2D eigenvalue weighted by Crippen LogP contribution is 2.60. The Morgan fingerprint density at radius 3 is 2.23 bits per heavy atom. The van der Waals surface area contributed by atoms with Gasteiger partial charge in [-0.05, 0) is 72.6 Å². The van der Waals surface area contributed by atoms with E-state index in [1.54, 1.807) is 12.1 Å². The van der Waals surface area contributed by atoms with E-state index in [0.29, 0.717) is 22.7 Å². The van der Waals surface area contributed by atoms with Crippen molar-refractivity contribution in [2.24, 2.45) is 17.8 Å². The van der Waals surface area contributed by atoms with E-state index in [0.717, 1.165) is 24.9 Å². The molecule has 1 fully saturated rings. The van der Waals surface area contributed by atoms with Crippen molar-refractivity contribution in [3.8, 4) is 0 Å². The van der Waals surface area contributed by atoms with Crippen LogP contribution in [-0.2, 0) is 9.09 Å². The number of benzene rings is 2. The molecule has 170 valence electrons. The van der Waals surface area contributed by atoms with E-state index in [9.17, 15) is 14.1 Å². The molecule has 1 saturated carbocycles. The van der Waals surface area contributed by atoms with Gasteiger partial charge >= 0.3 is 0 Å². The molecule has 0 spiro atoms. The van der Waals surface area contributed by atoms with Crippen molar-refractivity contribution >= 4 is 18.4 Å². The Bertz CT molecular complexity index is 898. The van der Waals surface area contributed by atoms with Gasteiger partial charge in [-0.15, -0.1) is 0 Å². The first kappa shape index (κ1) is 24.0. The summed E-state index contributed by atoms with van der Waals surface area (Å²) < 4.78 is 34.4. The lowest BCUT2D eigenvalue weighted by Crippen LogP contribution is -2.35. The van der Waals surface area contributed by atoms with Crippen molar-refractivity contribution in [2.45, 2.75) is 52.0 Å².